The fourth-order valence-electron chi connectivity index (χ4n) is 2.46. The maximum absolute atomic E-state index is 6.07. The highest BCUT2D eigenvalue weighted by molar-refractivity contribution is 6.30. The van der Waals surface area contributed by atoms with Crippen LogP contribution in [0.3, 0.4) is 0 Å². The fraction of sp³-hybridized carbons (Fsp3) is 0.600. The summed E-state index contributed by atoms with van der Waals surface area (Å²) in [6.07, 6.45) is 4.97. The molecule has 2 atom stereocenters. The average Bonchev–Trinajstić information content (AvgIpc) is 2.79. The molecule has 3 heteroatoms. The van der Waals surface area contributed by atoms with Crippen LogP contribution in [0.25, 0.3) is 0 Å². The Morgan fingerprint density at radius 2 is 2.22 bits per heavy atom. The van der Waals surface area contributed by atoms with Gasteiger partial charge in [0.1, 0.15) is 11.9 Å². The maximum atomic E-state index is 6.07. The molecule has 1 aromatic rings. The second-order valence-electron chi connectivity index (χ2n) is 5.11. The van der Waals surface area contributed by atoms with E-state index in [1.165, 1.54) is 12.8 Å². The predicted octanol–water partition coefficient (Wildman–Crippen LogP) is 3.95. The summed E-state index contributed by atoms with van der Waals surface area (Å²) in [4.78, 5) is 0. The monoisotopic (exact) mass is 267 g/mol. The molecule has 1 aliphatic carbocycles. The summed E-state index contributed by atoms with van der Waals surface area (Å²) in [5.74, 6) is 0.934. The zero-order chi connectivity index (χ0) is 13.0. The third-order valence-electron chi connectivity index (χ3n) is 3.51. The molecule has 1 saturated carbocycles. The Kier molecular flexibility index (Phi) is 4.90. The highest BCUT2D eigenvalue weighted by Gasteiger charge is 2.25. The fourth-order valence-corrected chi connectivity index (χ4v) is 2.62. The first-order valence-corrected chi connectivity index (χ1v) is 7.23. The molecule has 1 N–H and O–H groups in total. The van der Waals surface area contributed by atoms with Crippen LogP contribution < -0.4 is 10.1 Å². The summed E-state index contributed by atoms with van der Waals surface area (Å²) in [5, 5.41) is 4.31. The summed E-state index contributed by atoms with van der Waals surface area (Å²) >= 11 is 6.01. The van der Waals surface area contributed by atoms with Crippen LogP contribution in [0.4, 0.5) is 0 Å². The molecule has 0 radical (unpaired) electrons. The lowest BCUT2D eigenvalue weighted by Crippen LogP contribution is -2.28. The van der Waals surface area contributed by atoms with E-state index in [1.54, 1.807) is 0 Å². The summed E-state index contributed by atoms with van der Waals surface area (Å²) in [6.45, 7) is 5.37. The van der Waals surface area contributed by atoms with Gasteiger partial charge in [-0.15, -0.1) is 0 Å². The summed E-state index contributed by atoms with van der Waals surface area (Å²) in [7, 11) is 0. The molecule has 0 aromatic heterocycles. The van der Waals surface area contributed by atoms with Crippen LogP contribution in [0.15, 0.2) is 18.2 Å². The van der Waals surface area contributed by atoms with E-state index in [0.717, 1.165) is 35.7 Å². The van der Waals surface area contributed by atoms with Crippen LogP contribution in [0.5, 0.6) is 5.75 Å². The molecule has 1 aliphatic rings. The third kappa shape index (κ3) is 3.63. The van der Waals surface area contributed by atoms with Gasteiger partial charge in [0.2, 0.25) is 0 Å². The van der Waals surface area contributed by atoms with E-state index in [1.807, 2.05) is 18.2 Å². The minimum absolute atomic E-state index is 0.330. The average molecular weight is 268 g/mol. The zero-order valence-electron chi connectivity index (χ0n) is 11.2. The van der Waals surface area contributed by atoms with Crippen LogP contribution in [-0.2, 0) is 0 Å². The van der Waals surface area contributed by atoms with Crippen molar-refractivity contribution in [1.29, 1.82) is 0 Å². The normalized spacial score (nSPS) is 23.3. The van der Waals surface area contributed by atoms with Crippen molar-refractivity contribution in [2.45, 2.75) is 51.7 Å². The van der Waals surface area contributed by atoms with Crippen LogP contribution >= 0.6 is 11.6 Å². The van der Waals surface area contributed by atoms with Crippen molar-refractivity contribution in [3.05, 3.63) is 28.8 Å². The van der Waals surface area contributed by atoms with Gasteiger partial charge in [-0.05, 0) is 56.8 Å². The Bertz CT molecular complexity index is 394. The van der Waals surface area contributed by atoms with Crippen LogP contribution in [0.1, 0.15) is 38.2 Å². The molecule has 1 aromatic carbocycles. The van der Waals surface area contributed by atoms with E-state index in [4.69, 9.17) is 16.3 Å². The Morgan fingerprint density at radius 3 is 3.00 bits per heavy atom. The smallest absolute Gasteiger partial charge is 0.124 e. The van der Waals surface area contributed by atoms with Crippen LogP contribution in [0.2, 0.25) is 5.02 Å². The van der Waals surface area contributed by atoms with Gasteiger partial charge in [0.25, 0.3) is 0 Å². The first-order valence-electron chi connectivity index (χ1n) is 6.85. The second-order valence-corrected chi connectivity index (χ2v) is 5.55. The summed E-state index contributed by atoms with van der Waals surface area (Å²) in [5.41, 5.74) is 1.16. The number of ether oxygens (including phenoxy) is 1. The van der Waals surface area contributed by atoms with E-state index in [0.29, 0.717) is 12.1 Å². The topological polar surface area (TPSA) is 21.3 Å². The molecule has 2 rings (SSSR count). The molecule has 100 valence electrons. The molecular formula is C15H22ClNO. The standard InChI is InChI=1S/C15H22ClNO/c1-3-8-17-13-6-7-14(10-13)18-15-9-12(16)5-4-11(15)2/h4-5,9,13-14,17H,3,6-8,10H2,1-2H3. The molecule has 18 heavy (non-hydrogen) atoms. The first kappa shape index (κ1) is 13.7. The van der Waals surface area contributed by atoms with Crippen molar-refractivity contribution in [3.8, 4) is 5.75 Å². The summed E-state index contributed by atoms with van der Waals surface area (Å²) in [6, 6.07) is 6.46. The Morgan fingerprint density at radius 1 is 1.39 bits per heavy atom. The number of aryl methyl sites for hydroxylation is 1. The number of rotatable bonds is 5. The van der Waals surface area contributed by atoms with Gasteiger partial charge in [-0.2, -0.15) is 0 Å². The molecule has 0 spiro atoms. The Balaban J connectivity index is 1.89. The van der Waals surface area contributed by atoms with Crippen molar-refractivity contribution >= 4 is 11.6 Å². The van der Waals surface area contributed by atoms with Gasteiger partial charge >= 0.3 is 0 Å². The first-order chi connectivity index (χ1) is 8.69. The lowest BCUT2D eigenvalue weighted by atomic mass is 10.2. The third-order valence-corrected chi connectivity index (χ3v) is 3.75. The maximum Gasteiger partial charge on any atom is 0.124 e. The van der Waals surface area contributed by atoms with Gasteiger partial charge in [0.15, 0.2) is 0 Å². The van der Waals surface area contributed by atoms with E-state index >= 15 is 0 Å². The van der Waals surface area contributed by atoms with Gasteiger partial charge in [-0.25, -0.2) is 0 Å². The van der Waals surface area contributed by atoms with Gasteiger partial charge in [-0.1, -0.05) is 24.6 Å². The number of halogens is 1. The molecule has 0 bridgehead atoms. The van der Waals surface area contributed by atoms with Crippen molar-refractivity contribution in [3.63, 3.8) is 0 Å². The van der Waals surface area contributed by atoms with E-state index in [-0.39, 0.29) is 0 Å². The molecule has 0 amide bonds. The summed E-state index contributed by atoms with van der Waals surface area (Å²) < 4.78 is 6.07. The second kappa shape index (κ2) is 6.44. The van der Waals surface area contributed by atoms with Gasteiger partial charge in [-0.3, -0.25) is 0 Å². The van der Waals surface area contributed by atoms with Crippen molar-refractivity contribution in [2.75, 3.05) is 6.54 Å². The van der Waals surface area contributed by atoms with Gasteiger partial charge in [0, 0.05) is 11.1 Å². The number of benzene rings is 1. The number of nitrogens with one attached hydrogen (secondary N) is 1. The molecule has 0 heterocycles. The predicted molar refractivity (Wildman–Crippen MR) is 76.5 cm³/mol. The molecule has 0 saturated heterocycles. The molecule has 2 nitrogen and oxygen atoms in total. The lowest BCUT2D eigenvalue weighted by Gasteiger charge is -2.16. The SMILES string of the molecule is CCCNC1CCC(Oc2cc(Cl)ccc2C)C1. The minimum atomic E-state index is 0.330. The van der Waals surface area contributed by atoms with E-state index in [9.17, 15) is 0 Å². The van der Waals surface area contributed by atoms with Gasteiger partial charge < -0.3 is 10.1 Å². The molecule has 0 aliphatic heterocycles. The molecular weight excluding hydrogens is 246 g/mol. The van der Waals surface area contributed by atoms with Crippen molar-refractivity contribution in [2.24, 2.45) is 0 Å². The molecule has 2 unspecified atom stereocenters. The van der Waals surface area contributed by atoms with Crippen molar-refractivity contribution < 1.29 is 4.74 Å². The number of hydrogen-bond acceptors (Lipinski definition) is 2. The highest BCUT2D eigenvalue weighted by Crippen LogP contribution is 2.28. The van der Waals surface area contributed by atoms with E-state index < -0.39 is 0 Å². The highest BCUT2D eigenvalue weighted by atomic mass is 35.5. The Labute approximate surface area is 115 Å². The zero-order valence-corrected chi connectivity index (χ0v) is 12.0. The Hall–Kier alpha value is -0.730. The van der Waals surface area contributed by atoms with Crippen molar-refractivity contribution in [1.82, 2.24) is 5.32 Å². The molecule has 1 fully saturated rings. The van der Waals surface area contributed by atoms with Crippen LogP contribution in [0, 0.1) is 6.92 Å². The number of hydrogen-bond donors (Lipinski definition) is 1. The lowest BCUT2D eigenvalue weighted by molar-refractivity contribution is 0.205. The van der Waals surface area contributed by atoms with Crippen LogP contribution in [-0.4, -0.2) is 18.7 Å². The van der Waals surface area contributed by atoms with Gasteiger partial charge in [0.05, 0.1) is 0 Å². The largest absolute Gasteiger partial charge is 0.490 e. The minimum Gasteiger partial charge on any atom is -0.490 e. The quantitative estimate of drug-likeness (QED) is 0.872. The van der Waals surface area contributed by atoms with E-state index in [2.05, 4.69) is 19.2 Å².